The molecular formula is C30H33N3O6S. The molecule has 3 aromatic carbocycles. The first-order valence-electron chi connectivity index (χ1n) is 13.5. The summed E-state index contributed by atoms with van der Waals surface area (Å²) in [5.41, 5.74) is 1.51. The fourth-order valence-corrected chi connectivity index (χ4v) is 6.26. The number of nitrogens with one attached hydrogen (secondary N) is 2. The number of rotatable bonds is 9. The molecule has 2 N–H and O–H groups in total. The van der Waals surface area contributed by atoms with E-state index in [1.54, 1.807) is 24.3 Å². The number of para-hydroxylation sites is 2. The Bertz CT molecular complexity index is 1420. The summed E-state index contributed by atoms with van der Waals surface area (Å²) < 4.78 is 39.9. The SMILES string of the molecule is O=C(NCc1ccccc1)C1CN(C(=O)COc2ccc(S(=O)(=O)NC3CCCCC3)cc2)c2ccccc2O1. The lowest BCUT2D eigenvalue weighted by atomic mass is 9.96. The van der Waals surface area contributed by atoms with Crippen molar-refractivity contribution >= 4 is 27.5 Å². The van der Waals surface area contributed by atoms with Crippen LogP contribution in [0.25, 0.3) is 0 Å². The van der Waals surface area contributed by atoms with Crippen LogP contribution in [-0.2, 0) is 26.2 Å². The second-order valence-corrected chi connectivity index (χ2v) is 11.7. The highest BCUT2D eigenvalue weighted by molar-refractivity contribution is 7.89. The van der Waals surface area contributed by atoms with Gasteiger partial charge in [0.25, 0.3) is 11.8 Å². The van der Waals surface area contributed by atoms with E-state index in [4.69, 9.17) is 9.47 Å². The highest BCUT2D eigenvalue weighted by Crippen LogP contribution is 2.33. The Morgan fingerprint density at radius 1 is 0.900 bits per heavy atom. The van der Waals surface area contributed by atoms with Crippen molar-refractivity contribution in [2.24, 2.45) is 0 Å². The van der Waals surface area contributed by atoms with Crippen molar-refractivity contribution in [1.82, 2.24) is 10.0 Å². The molecule has 1 aliphatic heterocycles. The lowest BCUT2D eigenvalue weighted by molar-refractivity contribution is -0.128. The molecule has 210 valence electrons. The predicted molar refractivity (Wildman–Crippen MR) is 151 cm³/mol. The maximum Gasteiger partial charge on any atom is 0.265 e. The van der Waals surface area contributed by atoms with Gasteiger partial charge in [0.2, 0.25) is 10.0 Å². The standard InChI is InChI=1S/C30H33N3O6S/c34-29(21-38-24-15-17-25(18-16-24)40(36,37)32-23-11-5-2-6-12-23)33-20-28(39-27-14-8-7-13-26(27)33)30(35)31-19-22-9-3-1-4-10-22/h1,3-4,7-10,13-18,23,28,32H,2,5-6,11-12,19-21H2,(H,31,35). The molecule has 0 aromatic heterocycles. The van der Waals surface area contributed by atoms with Crippen molar-refractivity contribution in [2.45, 2.75) is 55.7 Å². The normalized spacial score (nSPS) is 17.4. The molecule has 2 aliphatic rings. The molecule has 0 saturated heterocycles. The maximum absolute atomic E-state index is 13.2. The van der Waals surface area contributed by atoms with Gasteiger partial charge in [-0.1, -0.05) is 61.7 Å². The lowest BCUT2D eigenvalue weighted by Crippen LogP contribution is -2.51. The third-order valence-corrected chi connectivity index (χ3v) is 8.64. The summed E-state index contributed by atoms with van der Waals surface area (Å²) >= 11 is 0. The van der Waals surface area contributed by atoms with Crippen LogP contribution in [0.3, 0.4) is 0 Å². The Balaban J connectivity index is 1.20. The number of amides is 2. The number of carbonyl (C=O) groups excluding carboxylic acids is 2. The first-order valence-corrected chi connectivity index (χ1v) is 15.0. The first kappa shape index (κ1) is 27.7. The van der Waals surface area contributed by atoms with Gasteiger partial charge in [0, 0.05) is 12.6 Å². The van der Waals surface area contributed by atoms with E-state index in [1.807, 2.05) is 30.3 Å². The van der Waals surface area contributed by atoms with Crippen LogP contribution in [0.5, 0.6) is 11.5 Å². The number of sulfonamides is 1. The average molecular weight is 564 g/mol. The maximum atomic E-state index is 13.2. The molecule has 1 fully saturated rings. The number of hydrogen-bond acceptors (Lipinski definition) is 6. The Hall–Kier alpha value is -3.89. The molecule has 1 saturated carbocycles. The number of anilines is 1. The molecule has 1 aliphatic carbocycles. The Morgan fingerprint density at radius 3 is 2.35 bits per heavy atom. The van der Waals surface area contributed by atoms with Crippen LogP contribution >= 0.6 is 0 Å². The second-order valence-electron chi connectivity index (χ2n) is 10.00. The zero-order chi connectivity index (χ0) is 28.0. The van der Waals surface area contributed by atoms with Gasteiger partial charge in [-0.15, -0.1) is 0 Å². The smallest absolute Gasteiger partial charge is 0.265 e. The third-order valence-electron chi connectivity index (χ3n) is 7.10. The van der Waals surface area contributed by atoms with E-state index < -0.39 is 16.1 Å². The third kappa shape index (κ3) is 6.81. The van der Waals surface area contributed by atoms with Gasteiger partial charge in [-0.05, 0) is 54.8 Å². The van der Waals surface area contributed by atoms with Crippen molar-refractivity contribution in [3.05, 3.63) is 84.4 Å². The van der Waals surface area contributed by atoms with Crippen LogP contribution in [-0.4, -0.2) is 45.5 Å². The Morgan fingerprint density at radius 2 is 1.60 bits per heavy atom. The number of carbonyl (C=O) groups is 2. The van der Waals surface area contributed by atoms with E-state index in [1.165, 1.54) is 29.2 Å². The highest BCUT2D eigenvalue weighted by Gasteiger charge is 2.34. The van der Waals surface area contributed by atoms with Crippen LogP contribution in [0.4, 0.5) is 5.69 Å². The van der Waals surface area contributed by atoms with Gasteiger partial charge in [-0.2, -0.15) is 0 Å². The molecule has 1 heterocycles. The van der Waals surface area contributed by atoms with E-state index in [0.29, 0.717) is 23.7 Å². The van der Waals surface area contributed by atoms with E-state index in [0.717, 1.165) is 37.7 Å². The average Bonchev–Trinajstić information content (AvgIpc) is 2.99. The predicted octanol–water partition coefficient (Wildman–Crippen LogP) is 3.79. The van der Waals surface area contributed by atoms with E-state index in [2.05, 4.69) is 10.0 Å². The van der Waals surface area contributed by atoms with Crippen LogP contribution in [0.1, 0.15) is 37.7 Å². The van der Waals surface area contributed by atoms with Crippen molar-refractivity contribution < 1.29 is 27.5 Å². The second kappa shape index (κ2) is 12.5. The molecule has 0 bridgehead atoms. The summed E-state index contributed by atoms with van der Waals surface area (Å²) in [5, 5.41) is 2.87. The Kier molecular flexibility index (Phi) is 8.66. The van der Waals surface area contributed by atoms with Crippen LogP contribution in [0, 0.1) is 0 Å². The van der Waals surface area contributed by atoms with E-state index >= 15 is 0 Å². The van der Waals surface area contributed by atoms with Gasteiger partial charge in [-0.25, -0.2) is 13.1 Å². The minimum Gasteiger partial charge on any atom is -0.484 e. The molecule has 2 amide bonds. The minimum atomic E-state index is -3.63. The number of hydrogen-bond donors (Lipinski definition) is 2. The zero-order valence-electron chi connectivity index (χ0n) is 22.1. The molecular weight excluding hydrogens is 530 g/mol. The number of benzene rings is 3. The molecule has 5 rings (SSSR count). The Labute approximate surface area is 234 Å². The van der Waals surface area contributed by atoms with Gasteiger partial charge in [0.05, 0.1) is 17.1 Å². The van der Waals surface area contributed by atoms with Crippen LogP contribution < -0.4 is 24.4 Å². The lowest BCUT2D eigenvalue weighted by Gasteiger charge is -2.34. The quantitative estimate of drug-likeness (QED) is 0.410. The topological polar surface area (TPSA) is 114 Å². The highest BCUT2D eigenvalue weighted by atomic mass is 32.2. The van der Waals surface area contributed by atoms with Crippen LogP contribution in [0.2, 0.25) is 0 Å². The molecule has 0 radical (unpaired) electrons. The molecule has 0 spiro atoms. The molecule has 9 nitrogen and oxygen atoms in total. The summed E-state index contributed by atoms with van der Waals surface area (Å²) in [4.78, 5) is 27.8. The van der Waals surface area contributed by atoms with Gasteiger partial charge >= 0.3 is 0 Å². The minimum absolute atomic E-state index is 0.0316. The van der Waals surface area contributed by atoms with Gasteiger partial charge < -0.3 is 19.7 Å². The fourth-order valence-electron chi connectivity index (χ4n) is 4.95. The van der Waals surface area contributed by atoms with E-state index in [-0.39, 0.29) is 35.9 Å². The summed E-state index contributed by atoms with van der Waals surface area (Å²) in [5.74, 6) is 0.119. The summed E-state index contributed by atoms with van der Waals surface area (Å²) in [6, 6.07) is 22.6. The van der Waals surface area contributed by atoms with Gasteiger partial charge in [0.15, 0.2) is 12.7 Å². The monoisotopic (exact) mass is 563 g/mol. The number of ether oxygens (including phenoxy) is 2. The van der Waals surface area contributed by atoms with Gasteiger partial charge in [0.1, 0.15) is 11.5 Å². The summed E-state index contributed by atoms with van der Waals surface area (Å²) in [7, 11) is -3.63. The molecule has 10 heteroatoms. The molecule has 3 aromatic rings. The first-order chi connectivity index (χ1) is 19.4. The van der Waals surface area contributed by atoms with Crippen LogP contribution in [0.15, 0.2) is 83.8 Å². The number of nitrogens with zero attached hydrogens (tertiary/aromatic N) is 1. The van der Waals surface area contributed by atoms with Crippen molar-refractivity contribution in [1.29, 1.82) is 0 Å². The summed E-state index contributed by atoms with van der Waals surface area (Å²) in [6.07, 6.45) is 4.01. The number of fused-ring (bicyclic) bond motifs is 1. The molecule has 40 heavy (non-hydrogen) atoms. The van der Waals surface area contributed by atoms with Gasteiger partial charge in [-0.3, -0.25) is 9.59 Å². The largest absolute Gasteiger partial charge is 0.484 e. The van der Waals surface area contributed by atoms with Crippen molar-refractivity contribution in [2.75, 3.05) is 18.1 Å². The zero-order valence-corrected chi connectivity index (χ0v) is 22.9. The van der Waals surface area contributed by atoms with E-state index in [9.17, 15) is 18.0 Å². The fraction of sp³-hybridized carbons (Fsp3) is 0.333. The van der Waals surface area contributed by atoms with Crippen molar-refractivity contribution in [3.8, 4) is 11.5 Å². The summed E-state index contributed by atoms with van der Waals surface area (Å²) in [6.45, 7) is 0.0864. The van der Waals surface area contributed by atoms with Crippen molar-refractivity contribution in [3.63, 3.8) is 0 Å². The molecule has 1 atom stereocenters. The molecule has 1 unspecified atom stereocenters.